The summed E-state index contributed by atoms with van der Waals surface area (Å²) < 4.78 is 0. The number of rotatable bonds is 3. The Kier molecular flexibility index (Phi) is 3.28. The van der Waals surface area contributed by atoms with Crippen LogP contribution in [0.25, 0.3) is 11.3 Å². The predicted molar refractivity (Wildman–Crippen MR) is 79.6 cm³/mol. The molecule has 1 aliphatic heterocycles. The Hall–Kier alpha value is -1.77. The van der Waals surface area contributed by atoms with E-state index in [1.54, 1.807) is 0 Å². The molecule has 0 fully saturated rings. The van der Waals surface area contributed by atoms with Gasteiger partial charge in [0, 0.05) is 36.3 Å². The summed E-state index contributed by atoms with van der Waals surface area (Å²) >= 11 is 0. The van der Waals surface area contributed by atoms with Crippen LogP contribution >= 0.6 is 0 Å². The van der Waals surface area contributed by atoms with Crippen molar-refractivity contribution in [3.63, 3.8) is 0 Å². The molecule has 1 aromatic heterocycles. The van der Waals surface area contributed by atoms with Gasteiger partial charge in [-0.2, -0.15) is 0 Å². The van der Waals surface area contributed by atoms with Crippen molar-refractivity contribution < 1.29 is 0 Å². The maximum atomic E-state index is 4.84. The van der Waals surface area contributed by atoms with E-state index >= 15 is 0 Å². The van der Waals surface area contributed by atoms with Crippen molar-refractivity contribution in [2.24, 2.45) is 0 Å². The molecule has 0 saturated carbocycles. The van der Waals surface area contributed by atoms with Gasteiger partial charge in [0.15, 0.2) is 0 Å². The van der Waals surface area contributed by atoms with Crippen molar-refractivity contribution in [1.29, 1.82) is 0 Å². The highest BCUT2D eigenvalue weighted by Gasteiger charge is 2.18. The number of imidazole rings is 1. The molecule has 2 aromatic rings. The third-order valence-corrected chi connectivity index (χ3v) is 3.72. The molecule has 3 nitrogen and oxygen atoms in total. The summed E-state index contributed by atoms with van der Waals surface area (Å²) in [6.45, 7) is 5.32. The van der Waals surface area contributed by atoms with Gasteiger partial charge >= 0.3 is 0 Å². The fourth-order valence-corrected chi connectivity index (χ4v) is 2.66. The zero-order valence-corrected chi connectivity index (χ0v) is 11.7. The first-order valence-electron chi connectivity index (χ1n) is 7.20. The number of aromatic nitrogens is 2. The third-order valence-electron chi connectivity index (χ3n) is 3.72. The molecule has 3 heteroatoms. The second-order valence-electron chi connectivity index (χ2n) is 5.34. The molecule has 0 unspecified atom stereocenters. The molecule has 0 aliphatic carbocycles. The van der Waals surface area contributed by atoms with Crippen molar-refractivity contribution in [2.45, 2.75) is 39.5 Å². The summed E-state index contributed by atoms with van der Waals surface area (Å²) in [5, 5.41) is 3.49. The van der Waals surface area contributed by atoms with Gasteiger partial charge in [-0.1, -0.05) is 25.0 Å². The fraction of sp³-hybridized carbons (Fsp3) is 0.438. The van der Waals surface area contributed by atoms with Gasteiger partial charge < -0.3 is 10.3 Å². The van der Waals surface area contributed by atoms with E-state index in [9.17, 15) is 0 Å². The molecule has 0 bridgehead atoms. The number of nitrogens with one attached hydrogen (secondary N) is 2. The Morgan fingerprint density at radius 2 is 2.21 bits per heavy atom. The fourth-order valence-electron chi connectivity index (χ4n) is 2.66. The zero-order chi connectivity index (χ0) is 13.2. The molecule has 0 radical (unpaired) electrons. The van der Waals surface area contributed by atoms with Crippen LogP contribution in [0, 0.1) is 6.92 Å². The van der Waals surface area contributed by atoms with Crippen LogP contribution in [0.15, 0.2) is 18.2 Å². The number of nitrogens with zero attached hydrogens (tertiary/aromatic N) is 1. The number of aryl methyl sites for hydroxylation is 2. The highest BCUT2D eigenvalue weighted by molar-refractivity contribution is 5.78. The lowest BCUT2D eigenvalue weighted by molar-refractivity contribution is 0.759. The Balaban J connectivity index is 2.04. The lowest BCUT2D eigenvalue weighted by Crippen LogP contribution is -2.03. The Morgan fingerprint density at radius 1 is 1.32 bits per heavy atom. The summed E-state index contributed by atoms with van der Waals surface area (Å²) in [5.41, 5.74) is 6.16. The summed E-state index contributed by atoms with van der Waals surface area (Å²) in [4.78, 5) is 8.35. The first-order valence-corrected chi connectivity index (χ1v) is 7.20. The van der Waals surface area contributed by atoms with Gasteiger partial charge in [0.1, 0.15) is 5.82 Å². The monoisotopic (exact) mass is 255 g/mol. The van der Waals surface area contributed by atoms with Crippen molar-refractivity contribution in [1.82, 2.24) is 9.97 Å². The van der Waals surface area contributed by atoms with E-state index in [0.29, 0.717) is 0 Å². The number of aromatic amines is 1. The molecule has 0 spiro atoms. The molecule has 19 heavy (non-hydrogen) atoms. The third kappa shape index (κ3) is 2.37. The van der Waals surface area contributed by atoms with Gasteiger partial charge in [0.2, 0.25) is 0 Å². The average Bonchev–Trinajstić information content (AvgIpc) is 2.74. The minimum absolute atomic E-state index is 0.971. The van der Waals surface area contributed by atoms with Crippen LogP contribution in [0.5, 0.6) is 0 Å². The van der Waals surface area contributed by atoms with Crippen molar-refractivity contribution >= 4 is 5.69 Å². The standard InChI is InChI=1S/C16H21N3/c1-3-4-5-15-18-14-8-9-17-13-7-6-11(2)10-12(13)16(14)19-15/h6-7,10,17H,3-5,8-9H2,1-2H3,(H,18,19). The average molecular weight is 255 g/mol. The quantitative estimate of drug-likeness (QED) is 0.878. The molecule has 100 valence electrons. The van der Waals surface area contributed by atoms with E-state index in [4.69, 9.17) is 4.98 Å². The first-order chi connectivity index (χ1) is 9.28. The topological polar surface area (TPSA) is 40.7 Å². The summed E-state index contributed by atoms with van der Waals surface area (Å²) in [6.07, 6.45) is 4.48. The van der Waals surface area contributed by atoms with Crippen molar-refractivity contribution in [3.05, 3.63) is 35.3 Å². The normalized spacial score (nSPS) is 13.4. The van der Waals surface area contributed by atoms with E-state index in [1.807, 2.05) is 0 Å². The van der Waals surface area contributed by atoms with Crippen LogP contribution in [-0.2, 0) is 12.8 Å². The molecule has 0 saturated heterocycles. The molecular weight excluding hydrogens is 234 g/mol. The highest BCUT2D eigenvalue weighted by Crippen LogP contribution is 2.33. The number of benzene rings is 1. The van der Waals surface area contributed by atoms with Gasteiger partial charge in [-0.05, 0) is 25.5 Å². The van der Waals surface area contributed by atoms with Gasteiger partial charge in [-0.15, -0.1) is 0 Å². The second-order valence-corrected chi connectivity index (χ2v) is 5.34. The summed E-state index contributed by atoms with van der Waals surface area (Å²) in [7, 11) is 0. The summed E-state index contributed by atoms with van der Waals surface area (Å²) in [6, 6.07) is 6.55. The largest absolute Gasteiger partial charge is 0.384 e. The van der Waals surface area contributed by atoms with E-state index in [1.165, 1.54) is 35.3 Å². The number of fused-ring (bicyclic) bond motifs is 3. The van der Waals surface area contributed by atoms with Crippen LogP contribution in [0.3, 0.4) is 0 Å². The minimum Gasteiger partial charge on any atom is -0.384 e. The molecule has 2 heterocycles. The van der Waals surface area contributed by atoms with Gasteiger partial charge in [-0.3, -0.25) is 0 Å². The molecule has 2 N–H and O–H groups in total. The first kappa shape index (κ1) is 12.3. The van der Waals surface area contributed by atoms with Gasteiger partial charge in [0.05, 0.1) is 5.69 Å². The van der Waals surface area contributed by atoms with Crippen LogP contribution in [0.1, 0.15) is 36.8 Å². The maximum Gasteiger partial charge on any atom is 0.106 e. The number of anilines is 1. The molecule has 0 atom stereocenters. The predicted octanol–water partition coefficient (Wildman–Crippen LogP) is 3.70. The number of hydrogen-bond acceptors (Lipinski definition) is 2. The summed E-state index contributed by atoms with van der Waals surface area (Å²) in [5.74, 6) is 1.14. The van der Waals surface area contributed by atoms with Crippen LogP contribution in [-0.4, -0.2) is 16.5 Å². The van der Waals surface area contributed by atoms with E-state index in [2.05, 4.69) is 42.3 Å². The van der Waals surface area contributed by atoms with E-state index in [-0.39, 0.29) is 0 Å². The Labute approximate surface area is 114 Å². The van der Waals surface area contributed by atoms with E-state index < -0.39 is 0 Å². The molecule has 3 rings (SSSR count). The zero-order valence-electron chi connectivity index (χ0n) is 11.7. The molecule has 1 aliphatic rings. The van der Waals surface area contributed by atoms with E-state index in [0.717, 1.165) is 30.9 Å². The smallest absolute Gasteiger partial charge is 0.106 e. The molecule has 1 aromatic carbocycles. The lowest BCUT2D eigenvalue weighted by Gasteiger charge is -2.07. The number of hydrogen-bond donors (Lipinski definition) is 2. The van der Waals surface area contributed by atoms with Gasteiger partial charge in [-0.25, -0.2) is 4.98 Å². The van der Waals surface area contributed by atoms with Crippen LogP contribution in [0.2, 0.25) is 0 Å². The maximum absolute atomic E-state index is 4.84. The van der Waals surface area contributed by atoms with Crippen LogP contribution in [0.4, 0.5) is 5.69 Å². The molecule has 0 amide bonds. The lowest BCUT2D eigenvalue weighted by atomic mass is 10.1. The van der Waals surface area contributed by atoms with Crippen LogP contribution < -0.4 is 5.32 Å². The second kappa shape index (κ2) is 5.08. The minimum atomic E-state index is 0.971. The number of H-pyrrole nitrogens is 1. The van der Waals surface area contributed by atoms with Crippen molar-refractivity contribution in [2.75, 3.05) is 11.9 Å². The van der Waals surface area contributed by atoms with Gasteiger partial charge in [0.25, 0.3) is 0 Å². The number of unbranched alkanes of at least 4 members (excludes halogenated alkanes) is 1. The SMILES string of the molecule is CCCCc1nc2c([nH]1)CCNc1ccc(C)cc1-2. The Bertz CT molecular complexity index is 584. The molecular formula is C16H21N3. The van der Waals surface area contributed by atoms with Crippen molar-refractivity contribution in [3.8, 4) is 11.3 Å². The highest BCUT2D eigenvalue weighted by atomic mass is 15.0. The Morgan fingerprint density at radius 3 is 3.05 bits per heavy atom.